The first kappa shape index (κ1) is 9.32. The Kier molecular flexibility index (Phi) is 2.57. The number of amides is 2. The monoisotopic (exact) mass is 171 g/mol. The molecule has 1 aliphatic heterocycles. The molecule has 1 fully saturated rings. The smallest absolute Gasteiger partial charge is 0.314 e. The van der Waals surface area contributed by atoms with Crippen molar-refractivity contribution in [1.29, 1.82) is 0 Å². The molecule has 0 bridgehead atoms. The van der Waals surface area contributed by atoms with Crippen molar-refractivity contribution in [2.75, 3.05) is 33.7 Å². The van der Waals surface area contributed by atoms with Gasteiger partial charge in [0, 0.05) is 32.1 Å². The second-order valence-electron chi connectivity index (χ2n) is 3.92. The van der Waals surface area contributed by atoms with E-state index >= 15 is 0 Å². The quantitative estimate of drug-likeness (QED) is 0.607. The molecule has 0 aromatic carbocycles. The van der Waals surface area contributed by atoms with E-state index in [0.29, 0.717) is 0 Å². The Morgan fingerprint density at radius 2 is 2.17 bits per heavy atom. The summed E-state index contributed by atoms with van der Waals surface area (Å²) < 4.78 is 0. The third-order valence-corrected chi connectivity index (χ3v) is 2.21. The van der Waals surface area contributed by atoms with E-state index in [1.807, 2.05) is 0 Å². The van der Waals surface area contributed by atoms with E-state index in [0.717, 1.165) is 19.6 Å². The van der Waals surface area contributed by atoms with Gasteiger partial charge in [-0.3, -0.25) is 0 Å². The summed E-state index contributed by atoms with van der Waals surface area (Å²) in [7, 11) is 3.71. The van der Waals surface area contributed by atoms with Gasteiger partial charge >= 0.3 is 6.03 Å². The number of carbonyl (C=O) groups excluding carboxylic acids is 1. The highest BCUT2D eigenvalue weighted by molar-refractivity contribution is 5.73. The summed E-state index contributed by atoms with van der Waals surface area (Å²) in [6.07, 6.45) is 0. The zero-order valence-corrected chi connectivity index (χ0v) is 7.98. The Morgan fingerprint density at radius 1 is 1.58 bits per heavy atom. The molecule has 2 amide bonds. The molecule has 0 aromatic rings. The number of nitrogens with one attached hydrogen (secondary N) is 2. The fourth-order valence-corrected chi connectivity index (χ4v) is 1.75. The Labute approximate surface area is 73.3 Å². The molecule has 0 saturated carbocycles. The van der Waals surface area contributed by atoms with Gasteiger partial charge in [-0.1, -0.05) is 6.92 Å². The second-order valence-corrected chi connectivity index (χ2v) is 3.92. The minimum absolute atomic E-state index is 0.0919. The van der Waals surface area contributed by atoms with E-state index in [-0.39, 0.29) is 11.4 Å². The summed E-state index contributed by atoms with van der Waals surface area (Å²) in [5, 5.41) is 5.35. The van der Waals surface area contributed by atoms with Gasteiger partial charge in [-0.2, -0.15) is 0 Å². The van der Waals surface area contributed by atoms with Gasteiger partial charge in [0.25, 0.3) is 0 Å². The summed E-state index contributed by atoms with van der Waals surface area (Å²) in [6.45, 7) is 5.08. The minimum Gasteiger partial charge on any atom is -0.341 e. The van der Waals surface area contributed by atoms with Crippen LogP contribution in [-0.4, -0.2) is 44.7 Å². The largest absolute Gasteiger partial charge is 0.341 e. The van der Waals surface area contributed by atoms with Gasteiger partial charge in [-0.25, -0.2) is 4.79 Å². The summed E-state index contributed by atoms with van der Waals surface area (Å²) in [4.78, 5) is 13.1. The van der Waals surface area contributed by atoms with Crippen molar-refractivity contribution in [2.45, 2.75) is 6.92 Å². The van der Waals surface area contributed by atoms with Crippen LogP contribution in [0.25, 0.3) is 0 Å². The third kappa shape index (κ3) is 2.11. The van der Waals surface area contributed by atoms with Crippen molar-refractivity contribution in [3.05, 3.63) is 0 Å². The molecule has 12 heavy (non-hydrogen) atoms. The molecule has 4 nitrogen and oxygen atoms in total. The van der Waals surface area contributed by atoms with Crippen molar-refractivity contribution < 1.29 is 4.79 Å². The maximum absolute atomic E-state index is 10.8. The van der Waals surface area contributed by atoms with Crippen molar-refractivity contribution in [3.8, 4) is 0 Å². The zero-order valence-electron chi connectivity index (χ0n) is 7.98. The van der Waals surface area contributed by atoms with Crippen molar-refractivity contribution in [2.24, 2.45) is 5.41 Å². The van der Waals surface area contributed by atoms with Crippen LogP contribution in [0.2, 0.25) is 0 Å². The molecule has 4 heteroatoms. The van der Waals surface area contributed by atoms with Crippen LogP contribution in [0.5, 0.6) is 0 Å². The molecule has 1 saturated heterocycles. The van der Waals surface area contributed by atoms with Gasteiger partial charge in [0.2, 0.25) is 0 Å². The van der Waals surface area contributed by atoms with Crippen molar-refractivity contribution in [1.82, 2.24) is 15.5 Å². The average molecular weight is 171 g/mol. The second kappa shape index (κ2) is 3.31. The van der Waals surface area contributed by atoms with Crippen LogP contribution in [0.4, 0.5) is 4.79 Å². The topological polar surface area (TPSA) is 44.4 Å². The number of rotatable bonds is 2. The lowest BCUT2D eigenvalue weighted by Crippen LogP contribution is -2.58. The molecule has 1 rings (SSSR count). The van der Waals surface area contributed by atoms with E-state index < -0.39 is 0 Å². The lowest BCUT2D eigenvalue weighted by atomic mass is 9.82. The molecule has 0 aliphatic carbocycles. The van der Waals surface area contributed by atoms with Crippen LogP contribution in [-0.2, 0) is 0 Å². The van der Waals surface area contributed by atoms with Crippen LogP contribution in [0, 0.1) is 5.41 Å². The molecule has 0 unspecified atom stereocenters. The van der Waals surface area contributed by atoms with E-state index in [1.54, 1.807) is 7.05 Å². The Bertz CT molecular complexity index is 175. The molecule has 70 valence electrons. The fraction of sp³-hybridized carbons (Fsp3) is 0.875. The van der Waals surface area contributed by atoms with Crippen molar-refractivity contribution >= 4 is 6.03 Å². The van der Waals surface area contributed by atoms with E-state index in [9.17, 15) is 4.79 Å². The summed E-state index contributed by atoms with van der Waals surface area (Å²) in [6, 6.07) is -0.0919. The van der Waals surface area contributed by atoms with Gasteiger partial charge in [0.1, 0.15) is 0 Å². The van der Waals surface area contributed by atoms with Crippen LogP contribution in [0.1, 0.15) is 6.92 Å². The molecule has 1 aliphatic rings. The normalized spacial score (nSPS) is 21.2. The van der Waals surface area contributed by atoms with Gasteiger partial charge < -0.3 is 15.5 Å². The van der Waals surface area contributed by atoms with Crippen molar-refractivity contribution in [3.63, 3.8) is 0 Å². The summed E-state index contributed by atoms with van der Waals surface area (Å²) in [5.41, 5.74) is 0.279. The van der Waals surface area contributed by atoms with Gasteiger partial charge in [0.05, 0.1) is 0 Å². The van der Waals surface area contributed by atoms with Gasteiger partial charge in [0.15, 0.2) is 0 Å². The lowest BCUT2D eigenvalue weighted by molar-refractivity contribution is 0.0419. The molecule has 1 heterocycles. The number of nitrogens with zero attached hydrogens (tertiary/aromatic N) is 1. The average Bonchev–Trinajstić information content (AvgIpc) is 1.98. The first-order valence-electron chi connectivity index (χ1n) is 4.20. The highest BCUT2D eigenvalue weighted by Crippen LogP contribution is 2.26. The highest BCUT2D eigenvalue weighted by Gasteiger charge is 2.36. The minimum atomic E-state index is -0.0919. The van der Waals surface area contributed by atoms with Crippen LogP contribution in [0.15, 0.2) is 0 Å². The maximum atomic E-state index is 10.8. The molecule has 2 N–H and O–H groups in total. The molecule has 0 atom stereocenters. The first-order valence-corrected chi connectivity index (χ1v) is 4.20. The zero-order chi connectivity index (χ0) is 9.19. The molecule has 0 aromatic heterocycles. The number of hydrogen-bond acceptors (Lipinski definition) is 2. The van der Waals surface area contributed by atoms with Crippen LogP contribution >= 0.6 is 0 Å². The Balaban J connectivity index is 2.19. The highest BCUT2D eigenvalue weighted by atomic mass is 16.2. The van der Waals surface area contributed by atoms with Gasteiger partial charge in [-0.15, -0.1) is 0 Å². The van der Waals surface area contributed by atoms with E-state index in [2.05, 4.69) is 29.5 Å². The first-order chi connectivity index (χ1) is 5.56. The number of carbonyl (C=O) groups is 1. The molecule has 0 radical (unpaired) electrons. The molecule has 0 spiro atoms. The van der Waals surface area contributed by atoms with Crippen LogP contribution in [0.3, 0.4) is 0 Å². The summed E-state index contributed by atoms with van der Waals surface area (Å²) >= 11 is 0. The van der Waals surface area contributed by atoms with E-state index in [1.165, 1.54) is 0 Å². The predicted octanol–water partition coefficient (Wildman–Crippen LogP) is -0.133. The number of hydrogen-bond donors (Lipinski definition) is 2. The number of urea groups is 1. The summed E-state index contributed by atoms with van der Waals surface area (Å²) in [5.74, 6) is 0. The number of likely N-dealkylation sites (tertiary alicyclic amines) is 1. The molecular formula is C8H17N3O. The molecular weight excluding hydrogens is 154 g/mol. The fourth-order valence-electron chi connectivity index (χ4n) is 1.75. The maximum Gasteiger partial charge on any atom is 0.314 e. The lowest BCUT2D eigenvalue weighted by Gasteiger charge is -2.46. The Morgan fingerprint density at radius 3 is 2.58 bits per heavy atom. The standard InChI is InChI=1S/C8H17N3O/c1-8(5-11(3)6-8)4-10-7(12)9-2/h4-6H2,1-3H3,(H2,9,10,12). The third-order valence-electron chi connectivity index (χ3n) is 2.21. The predicted molar refractivity (Wildman–Crippen MR) is 48.1 cm³/mol. The van der Waals surface area contributed by atoms with E-state index in [4.69, 9.17) is 0 Å². The Hall–Kier alpha value is -0.770. The SMILES string of the molecule is CNC(=O)NCC1(C)CN(C)C1. The van der Waals surface area contributed by atoms with Gasteiger partial charge in [-0.05, 0) is 7.05 Å². The van der Waals surface area contributed by atoms with Crippen LogP contribution < -0.4 is 10.6 Å².